The quantitative estimate of drug-likeness (QED) is 0.855. The van der Waals surface area contributed by atoms with E-state index in [0.717, 1.165) is 31.5 Å². The number of nitrogens with one attached hydrogen (secondary N) is 1. The van der Waals surface area contributed by atoms with E-state index in [1.807, 2.05) is 0 Å². The highest BCUT2D eigenvalue weighted by atomic mass is 19.4. The molecular weight excluding hydrogens is 239 g/mol. The summed E-state index contributed by atoms with van der Waals surface area (Å²) < 4.78 is 37.3. The van der Waals surface area contributed by atoms with Crippen molar-refractivity contribution in [1.29, 1.82) is 0 Å². The van der Waals surface area contributed by atoms with Crippen LogP contribution in [0.3, 0.4) is 0 Å². The minimum absolute atomic E-state index is 0.524. The molecule has 1 aromatic carbocycles. The van der Waals surface area contributed by atoms with Crippen LogP contribution in [0.25, 0.3) is 0 Å². The number of hydrogen-bond donors (Lipinski definition) is 1. The first-order valence-electron chi connectivity index (χ1n) is 6.33. The van der Waals surface area contributed by atoms with Gasteiger partial charge in [-0.3, -0.25) is 0 Å². The Morgan fingerprint density at radius 2 is 1.89 bits per heavy atom. The smallest absolute Gasteiger partial charge is 0.316 e. The maximum atomic E-state index is 12.4. The molecule has 0 aliphatic carbocycles. The fourth-order valence-electron chi connectivity index (χ4n) is 2.46. The molecule has 1 fully saturated rings. The van der Waals surface area contributed by atoms with Crippen LogP contribution < -0.4 is 5.32 Å². The Balaban J connectivity index is 2.02. The lowest BCUT2D eigenvalue weighted by Crippen LogP contribution is -2.36. The van der Waals surface area contributed by atoms with Gasteiger partial charge in [-0.05, 0) is 55.5 Å². The molecule has 18 heavy (non-hydrogen) atoms. The monoisotopic (exact) mass is 257 g/mol. The minimum Gasteiger partial charge on any atom is -0.316 e. The highest BCUT2D eigenvalue weighted by Gasteiger charge is 2.30. The van der Waals surface area contributed by atoms with Crippen LogP contribution in [0.4, 0.5) is 13.2 Å². The van der Waals surface area contributed by atoms with Gasteiger partial charge in [0.15, 0.2) is 0 Å². The van der Waals surface area contributed by atoms with Crippen molar-refractivity contribution in [3.63, 3.8) is 0 Å². The fraction of sp³-hybridized carbons (Fsp3) is 0.571. The first-order chi connectivity index (χ1) is 8.47. The highest BCUT2D eigenvalue weighted by Crippen LogP contribution is 2.30. The second-order valence-corrected chi connectivity index (χ2v) is 5.13. The summed E-state index contributed by atoms with van der Waals surface area (Å²) in [4.78, 5) is 0. The van der Waals surface area contributed by atoms with E-state index >= 15 is 0 Å². The van der Waals surface area contributed by atoms with Gasteiger partial charge in [-0.25, -0.2) is 0 Å². The van der Waals surface area contributed by atoms with Gasteiger partial charge in [0.25, 0.3) is 0 Å². The van der Waals surface area contributed by atoms with Crippen LogP contribution in [-0.2, 0) is 12.6 Å². The van der Waals surface area contributed by atoms with Crippen LogP contribution in [0.5, 0.6) is 0 Å². The lowest BCUT2D eigenvalue weighted by atomic mass is 9.83. The maximum absolute atomic E-state index is 12.4. The molecule has 0 saturated carbocycles. The van der Waals surface area contributed by atoms with E-state index in [1.54, 1.807) is 12.1 Å². The minimum atomic E-state index is -4.24. The van der Waals surface area contributed by atoms with Crippen molar-refractivity contribution < 1.29 is 13.2 Å². The van der Waals surface area contributed by atoms with E-state index in [9.17, 15) is 13.2 Å². The number of rotatable bonds is 2. The Morgan fingerprint density at radius 1 is 1.22 bits per heavy atom. The highest BCUT2D eigenvalue weighted by molar-refractivity contribution is 5.25. The number of hydrogen-bond acceptors (Lipinski definition) is 1. The molecule has 1 aliphatic heterocycles. The van der Waals surface area contributed by atoms with Crippen molar-refractivity contribution in [3.05, 3.63) is 35.4 Å². The van der Waals surface area contributed by atoms with Gasteiger partial charge in [0, 0.05) is 0 Å². The maximum Gasteiger partial charge on any atom is 0.416 e. The molecule has 0 bridgehead atoms. The molecular formula is C14H18F3N. The zero-order valence-electron chi connectivity index (χ0n) is 10.4. The normalized spacial score (nSPS) is 25.1. The SMILES string of the molecule is CC1CCNCC1Cc1ccc(C(F)(F)F)cc1. The Labute approximate surface area is 105 Å². The lowest BCUT2D eigenvalue weighted by Gasteiger charge is -2.29. The van der Waals surface area contributed by atoms with Gasteiger partial charge < -0.3 is 5.32 Å². The first kappa shape index (κ1) is 13.4. The first-order valence-corrected chi connectivity index (χ1v) is 6.33. The lowest BCUT2D eigenvalue weighted by molar-refractivity contribution is -0.137. The summed E-state index contributed by atoms with van der Waals surface area (Å²) in [5, 5.41) is 3.34. The Hall–Kier alpha value is -1.03. The summed E-state index contributed by atoms with van der Waals surface area (Å²) in [5.74, 6) is 1.16. The third kappa shape index (κ3) is 3.25. The van der Waals surface area contributed by atoms with Crippen LogP contribution in [0.15, 0.2) is 24.3 Å². The van der Waals surface area contributed by atoms with E-state index in [2.05, 4.69) is 12.2 Å². The summed E-state index contributed by atoms with van der Waals surface area (Å²) in [6.45, 7) is 4.22. The van der Waals surface area contributed by atoms with Crippen molar-refractivity contribution >= 4 is 0 Å². The summed E-state index contributed by atoms with van der Waals surface area (Å²) in [7, 11) is 0. The average Bonchev–Trinajstić information content (AvgIpc) is 2.32. The topological polar surface area (TPSA) is 12.0 Å². The van der Waals surface area contributed by atoms with Gasteiger partial charge in [-0.15, -0.1) is 0 Å². The molecule has 4 heteroatoms. The molecule has 0 spiro atoms. The summed E-state index contributed by atoms with van der Waals surface area (Å²) in [6.07, 6.45) is -2.24. The zero-order chi connectivity index (χ0) is 13.2. The molecule has 2 atom stereocenters. The van der Waals surface area contributed by atoms with E-state index in [1.165, 1.54) is 12.1 Å². The molecule has 0 amide bonds. The molecule has 1 saturated heterocycles. The number of piperidine rings is 1. The molecule has 2 rings (SSSR count). The molecule has 2 unspecified atom stereocenters. The molecule has 1 heterocycles. The number of alkyl halides is 3. The number of halogens is 3. The Kier molecular flexibility index (Phi) is 3.95. The predicted octanol–water partition coefficient (Wildman–Crippen LogP) is 3.49. The predicted molar refractivity (Wildman–Crippen MR) is 65.3 cm³/mol. The van der Waals surface area contributed by atoms with Gasteiger partial charge in [0.05, 0.1) is 5.56 Å². The molecule has 0 aromatic heterocycles. The average molecular weight is 257 g/mol. The second-order valence-electron chi connectivity index (χ2n) is 5.13. The van der Waals surface area contributed by atoms with Crippen LogP contribution >= 0.6 is 0 Å². The molecule has 1 aromatic rings. The largest absolute Gasteiger partial charge is 0.416 e. The van der Waals surface area contributed by atoms with Gasteiger partial charge in [-0.2, -0.15) is 13.2 Å². The van der Waals surface area contributed by atoms with Gasteiger partial charge >= 0.3 is 6.18 Å². The van der Waals surface area contributed by atoms with Crippen molar-refractivity contribution in [2.24, 2.45) is 11.8 Å². The summed E-state index contributed by atoms with van der Waals surface area (Å²) in [6, 6.07) is 5.56. The van der Waals surface area contributed by atoms with Crippen LogP contribution in [0, 0.1) is 11.8 Å². The second kappa shape index (κ2) is 5.31. The summed E-state index contributed by atoms with van der Waals surface area (Å²) in [5.41, 5.74) is 0.421. The fourth-order valence-corrected chi connectivity index (χ4v) is 2.46. The summed E-state index contributed by atoms with van der Waals surface area (Å²) >= 11 is 0. The molecule has 100 valence electrons. The van der Waals surface area contributed by atoms with Crippen molar-refractivity contribution in [1.82, 2.24) is 5.32 Å². The van der Waals surface area contributed by atoms with E-state index < -0.39 is 11.7 Å². The standard InChI is InChI=1S/C14H18F3N/c1-10-6-7-18-9-12(10)8-11-2-4-13(5-3-11)14(15,16)17/h2-5,10,12,18H,6-9H2,1H3. The van der Waals surface area contributed by atoms with E-state index in [-0.39, 0.29) is 0 Å². The van der Waals surface area contributed by atoms with Gasteiger partial charge in [0.2, 0.25) is 0 Å². The molecule has 0 radical (unpaired) electrons. The zero-order valence-corrected chi connectivity index (χ0v) is 10.4. The van der Waals surface area contributed by atoms with Gasteiger partial charge in [-0.1, -0.05) is 19.1 Å². The molecule has 1 N–H and O–H groups in total. The van der Waals surface area contributed by atoms with Crippen LogP contribution in [-0.4, -0.2) is 13.1 Å². The van der Waals surface area contributed by atoms with Crippen molar-refractivity contribution in [2.75, 3.05) is 13.1 Å². The Bertz CT molecular complexity index is 383. The van der Waals surface area contributed by atoms with Gasteiger partial charge in [0.1, 0.15) is 0 Å². The van der Waals surface area contributed by atoms with Crippen LogP contribution in [0.2, 0.25) is 0 Å². The van der Waals surface area contributed by atoms with Crippen molar-refractivity contribution in [3.8, 4) is 0 Å². The van der Waals surface area contributed by atoms with Crippen LogP contribution in [0.1, 0.15) is 24.5 Å². The van der Waals surface area contributed by atoms with E-state index in [0.29, 0.717) is 11.8 Å². The number of benzene rings is 1. The third-order valence-electron chi connectivity index (χ3n) is 3.77. The van der Waals surface area contributed by atoms with Crippen molar-refractivity contribution in [2.45, 2.75) is 25.9 Å². The Morgan fingerprint density at radius 3 is 2.44 bits per heavy atom. The molecule has 1 nitrogen and oxygen atoms in total. The third-order valence-corrected chi connectivity index (χ3v) is 3.77. The molecule has 1 aliphatic rings. The van der Waals surface area contributed by atoms with E-state index in [4.69, 9.17) is 0 Å².